The van der Waals surface area contributed by atoms with Crippen LogP contribution in [0.1, 0.15) is 10.4 Å². The van der Waals surface area contributed by atoms with E-state index in [-0.39, 0.29) is 0 Å². The molecule has 0 atom stereocenters. The third-order valence-corrected chi connectivity index (χ3v) is 1.54. The molecule has 0 unspecified atom stereocenters. The molecule has 1 aromatic heterocycles. The highest BCUT2D eigenvalue weighted by Gasteiger charge is 2.39. The van der Waals surface area contributed by atoms with Gasteiger partial charge in [-0.3, -0.25) is 9.78 Å². The van der Waals surface area contributed by atoms with Gasteiger partial charge in [0.15, 0.2) is 0 Å². The van der Waals surface area contributed by atoms with Crippen molar-refractivity contribution in [1.29, 1.82) is 0 Å². The van der Waals surface area contributed by atoms with Crippen LogP contribution in [-0.2, 0) is 4.79 Å². The third-order valence-electron chi connectivity index (χ3n) is 1.54. The summed E-state index contributed by atoms with van der Waals surface area (Å²) >= 11 is 0. The number of aromatic carboxylic acids is 1. The lowest BCUT2D eigenvalue weighted by Crippen LogP contribution is -2.32. The van der Waals surface area contributed by atoms with E-state index in [2.05, 4.69) is 4.98 Å². The standard InChI is InChI=1S/C7H4F3N3O4/c8-7(9,10)5(16)12-3-2(4(14)15)1-11-6(17)13-3/h1H,(H,14,15)(H2,11,12,13,16,17). The molecule has 1 rings (SSSR count). The van der Waals surface area contributed by atoms with Crippen LogP contribution in [0.25, 0.3) is 0 Å². The Morgan fingerprint density at radius 1 is 1.41 bits per heavy atom. The van der Waals surface area contributed by atoms with E-state index in [4.69, 9.17) is 5.11 Å². The summed E-state index contributed by atoms with van der Waals surface area (Å²) in [5, 5.41) is 9.81. The van der Waals surface area contributed by atoms with E-state index in [1.54, 1.807) is 4.98 Å². The fourth-order valence-electron chi connectivity index (χ4n) is 0.839. The number of nitrogens with one attached hydrogen (secondary N) is 2. The molecule has 1 heterocycles. The van der Waals surface area contributed by atoms with Gasteiger partial charge in [0.1, 0.15) is 11.4 Å². The fourth-order valence-corrected chi connectivity index (χ4v) is 0.839. The number of halogens is 3. The van der Waals surface area contributed by atoms with Gasteiger partial charge in [-0.1, -0.05) is 0 Å². The zero-order valence-electron chi connectivity index (χ0n) is 7.83. The van der Waals surface area contributed by atoms with Gasteiger partial charge < -0.3 is 10.4 Å². The van der Waals surface area contributed by atoms with Crippen molar-refractivity contribution in [2.24, 2.45) is 0 Å². The van der Waals surface area contributed by atoms with E-state index in [9.17, 15) is 27.6 Å². The smallest absolute Gasteiger partial charge is 0.471 e. The predicted molar refractivity (Wildman–Crippen MR) is 46.5 cm³/mol. The minimum atomic E-state index is -5.20. The Morgan fingerprint density at radius 2 is 2.00 bits per heavy atom. The Labute approximate surface area is 90.3 Å². The molecular weight excluding hydrogens is 247 g/mol. The highest BCUT2D eigenvalue weighted by atomic mass is 19.4. The molecule has 0 saturated carbocycles. The predicted octanol–water partition coefficient (Wildman–Crippen LogP) is -0.0311. The molecule has 0 radical (unpaired) electrons. The molecule has 0 aliphatic heterocycles. The first-order chi connectivity index (χ1) is 7.71. The molecule has 0 bridgehead atoms. The fraction of sp³-hybridized carbons (Fsp3) is 0.143. The Kier molecular flexibility index (Phi) is 3.16. The molecular formula is C7H4F3N3O4. The molecule has 92 valence electrons. The van der Waals surface area contributed by atoms with Crippen LogP contribution in [-0.4, -0.2) is 33.1 Å². The molecule has 3 N–H and O–H groups in total. The van der Waals surface area contributed by atoms with Crippen LogP contribution < -0.4 is 11.0 Å². The topological polar surface area (TPSA) is 112 Å². The lowest BCUT2D eigenvalue weighted by Gasteiger charge is -2.08. The second-order valence-corrected chi connectivity index (χ2v) is 2.73. The number of carbonyl (C=O) groups excluding carboxylic acids is 1. The number of rotatable bonds is 2. The Bertz CT molecular complexity index is 522. The van der Waals surface area contributed by atoms with Gasteiger partial charge in [-0.15, -0.1) is 0 Å². The number of anilines is 1. The van der Waals surface area contributed by atoms with Crippen LogP contribution in [0, 0.1) is 0 Å². The van der Waals surface area contributed by atoms with Crippen molar-refractivity contribution in [3.8, 4) is 0 Å². The molecule has 0 saturated heterocycles. The Morgan fingerprint density at radius 3 is 2.47 bits per heavy atom. The van der Waals surface area contributed by atoms with Crippen molar-refractivity contribution < 1.29 is 27.9 Å². The van der Waals surface area contributed by atoms with Crippen LogP contribution in [0.2, 0.25) is 0 Å². The van der Waals surface area contributed by atoms with Gasteiger partial charge in [0.25, 0.3) is 0 Å². The van der Waals surface area contributed by atoms with Crippen molar-refractivity contribution in [2.75, 3.05) is 5.32 Å². The highest BCUT2D eigenvalue weighted by Crippen LogP contribution is 2.18. The molecule has 0 fully saturated rings. The molecule has 17 heavy (non-hydrogen) atoms. The molecule has 0 aliphatic carbocycles. The summed E-state index contributed by atoms with van der Waals surface area (Å²) < 4.78 is 35.7. The maximum atomic E-state index is 11.9. The van der Waals surface area contributed by atoms with Gasteiger partial charge in [-0.25, -0.2) is 14.6 Å². The van der Waals surface area contributed by atoms with Gasteiger partial charge in [-0.2, -0.15) is 13.2 Å². The number of amides is 1. The van der Waals surface area contributed by atoms with Crippen molar-refractivity contribution >= 4 is 17.7 Å². The minimum absolute atomic E-state index is 0.535. The lowest BCUT2D eigenvalue weighted by molar-refractivity contribution is -0.167. The van der Waals surface area contributed by atoms with Crippen molar-refractivity contribution in [2.45, 2.75) is 6.18 Å². The molecule has 0 aliphatic rings. The summed E-state index contributed by atoms with van der Waals surface area (Å²) in [6.07, 6.45) is -4.66. The zero-order chi connectivity index (χ0) is 13.2. The lowest BCUT2D eigenvalue weighted by atomic mass is 10.3. The van der Waals surface area contributed by atoms with Crippen LogP contribution in [0.3, 0.4) is 0 Å². The largest absolute Gasteiger partial charge is 0.478 e. The van der Waals surface area contributed by atoms with Crippen LogP contribution in [0.15, 0.2) is 11.0 Å². The van der Waals surface area contributed by atoms with Crippen LogP contribution in [0.4, 0.5) is 19.0 Å². The molecule has 0 spiro atoms. The number of nitrogens with zero attached hydrogens (tertiary/aromatic N) is 1. The van der Waals surface area contributed by atoms with E-state index in [1.165, 1.54) is 5.32 Å². The number of alkyl halides is 3. The third kappa shape index (κ3) is 3.03. The number of hydrogen-bond donors (Lipinski definition) is 3. The minimum Gasteiger partial charge on any atom is -0.478 e. The number of hydrogen-bond acceptors (Lipinski definition) is 4. The van der Waals surface area contributed by atoms with E-state index >= 15 is 0 Å². The van der Waals surface area contributed by atoms with Gasteiger partial charge >= 0.3 is 23.7 Å². The average molecular weight is 251 g/mol. The number of aromatic amines is 1. The summed E-state index contributed by atoms with van der Waals surface area (Å²) in [7, 11) is 0. The monoisotopic (exact) mass is 251 g/mol. The normalized spacial score (nSPS) is 11.0. The summed E-state index contributed by atoms with van der Waals surface area (Å²) in [6, 6.07) is 0. The Balaban J connectivity index is 3.13. The first kappa shape index (κ1) is 12.7. The molecule has 7 nitrogen and oxygen atoms in total. The maximum absolute atomic E-state index is 11.9. The first-order valence-corrected chi connectivity index (χ1v) is 3.92. The van der Waals surface area contributed by atoms with Crippen molar-refractivity contribution in [3.63, 3.8) is 0 Å². The molecule has 0 aromatic carbocycles. The van der Waals surface area contributed by atoms with Crippen LogP contribution >= 0.6 is 0 Å². The first-order valence-electron chi connectivity index (χ1n) is 3.92. The summed E-state index contributed by atoms with van der Waals surface area (Å²) in [5.74, 6) is -4.92. The number of aromatic nitrogens is 2. The van der Waals surface area contributed by atoms with E-state index < -0.39 is 35.1 Å². The van der Waals surface area contributed by atoms with Gasteiger partial charge in [0.05, 0.1) is 6.20 Å². The molecule has 1 aromatic rings. The zero-order valence-corrected chi connectivity index (χ0v) is 7.83. The van der Waals surface area contributed by atoms with Crippen molar-refractivity contribution in [3.05, 3.63) is 22.2 Å². The Hall–Kier alpha value is -2.39. The van der Waals surface area contributed by atoms with E-state index in [1.807, 2.05) is 0 Å². The second kappa shape index (κ2) is 4.23. The van der Waals surface area contributed by atoms with Crippen LogP contribution in [0.5, 0.6) is 0 Å². The number of H-pyrrole nitrogens is 1. The summed E-state index contributed by atoms with van der Waals surface area (Å²) in [5.41, 5.74) is -1.85. The van der Waals surface area contributed by atoms with Gasteiger partial charge in [0.2, 0.25) is 0 Å². The maximum Gasteiger partial charge on any atom is 0.471 e. The highest BCUT2D eigenvalue weighted by molar-refractivity contribution is 6.00. The number of carboxylic acids is 1. The average Bonchev–Trinajstić information content (AvgIpc) is 2.15. The van der Waals surface area contributed by atoms with E-state index in [0.717, 1.165) is 0 Å². The number of carboxylic acid groups (broad SMARTS) is 1. The second-order valence-electron chi connectivity index (χ2n) is 2.73. The van der Waals surface area contributed by atoms with Gasteiger partial charge in [0, 0.05) is 0 Å². The summed E-state index contributed by atoms with van der Waals surface area (Å²) in [6.45, 7) is 0. The molecule has 1 amide bonds. The van der Waals surface area contributed by atoms with Gasteiger partial charge in [-0.05, 0) is 0 Å². The number of carbonyl (C=O) groups is 2. The summed E-state index contributed by atoms with van der Waals surface area (Å²) in [4.78, 5) is 36.5. The van der Waals surface area contributed by atoms with E-state index in [0.29, 0.717) is 6.20 Å². The molecule has 10 heteroatoms. The SMILES string of the molecule is O=C(O)c1cnc(=O)[nH]c1NC(=O)C(F)(F)F. The van der Waals surface area contributed by atoms with Crippen molar-refractivity contribution in [1.82, 2.24) is 9.97 Å². The quantitative estimate of drug-likeness (QED) is 0.683.